The third-order valence-electron chi connectivity index (χ3n) is 3.58. The monoisotopic (exact) mass is 448 g/mol. The number of aryl methyl sites for hydroxylation is 1. The largest absolute Gasteiger partial charge is 0.461 e. The lowest BCUT2D eigenvalue weighted by Crippen LogP contribution is -2.11. The molecule has 0 saturated heterocycles. The van der Waals surface area contributed by atoms with Crippen molar-refractivity contribution in [3.8, 4) is 16.3 Å². The molecule has 9 heteroatoms. The molecule has 1 amide bonds. The molecule has 140 valence electrons. The summed E-state index contributed by atoms with van der Waals surface area (Å²) in [6, 6.07) is 9.13. The first kappa shape index (κ1) is 19.2. The van der Waals surface area contributed by atoms with Crippen LogP contribution < -0.4 is 5.32 Å². The zero-order valence-electron chi connectivity index (χ0n) is 14.9. The van der Waals surface area contributed by atoms with Crippen LogP contribution >= 0.6 is 27.3 Å². The first-order valence-corrected chi connectivity index (χ1v) is 9.78. The summed E-state index contributed by atoms with van der Waals surface area (Å²) in [4.78, 5) is 28.8. The Kier molecular flexibility index (Phi) is 5.71. The Labute approximate surface area is 168 Å². The zero-order valence-corrected chi connectivity index (χ0v) is 17.3. The quantitative estimate of drug-likeness (QED) is 0.590. The van der Waals surface area contributed by atoms with E-state index in [1.807, 2.05) is 31.2 Å². The van der Waals surface area contributed by atoms with E-state index in [4.69, 9.17) is 4.74 Å². The maximum atomic E-state index is 12.4. The molecular weight excluding hydrogens is 432 g/mol. The summed E-state index contributed by atoms with van der Waals surface area (Å²) in [6.45, 7) is 5.29. The number of rotatable bonds is 5. The second-order valence-corrected chi connectivity index (χ2v) is 7.55. The van der Waals surface area contributed by atoms with Gasteiger partial charge in [-0.05, 0) is 38.1 Å². The number of anilines is 1. The van der Waals surface area contributed by atoms with E-state index in [9.17, 15) is 9.59 Å². The van der Waals surface area contributed by atoms with Gasteiger partial charge in [0.25, 0.3) is 0 Å². The second-order valence-electron chi connectivity index (χ2n) is 5.64. The molecule has 0 atom stereocenters. The van der Waals surface area contributed by atoms with Crippen LogP contribution in [0.25, 0.3) is 16.3 Å². The SMILES string of the molecule is CCOC(=O)c1cc(-c2sc(NC(C)=O)nc2C)nn1-c1ccc(Br)cc1. The number of benzene rings is 1. The van der Waals surface area contributed by atoms with Crippen molar-refractivity contribution >= 4 is 44.3 Å². The Bertz CT molecular complexity index is 995. The third-order valence-corrected chi connectivity index (χ3v) is 5.20. The number of hydrogen-bond acceptors (Lipinski definition) is 6. The summed E-state index contributed by atoms with van der Waals surface area (Å²) in [7, 11) is 0. The molecule has 7 nitrogen and oxygen atoms in total. The summed E-state index contributed by atoms with van der Waals surface area (Å²) >= 11 is 4.71. The van der Waals surface area contributed by atoms with Crippen LogP contribution in [-0.4, -0.2) is 33.2 Å². The summed E-state index contributed by atoms with van der Waals surface area (Å²) in [5.74, 6) is -0.647. The van der Waals surface area contributed by atoms with Crippen LogP contribution in [0.4, 0.5) is 5.13 Å². The van der Waals surface area contributed by atoms with E-state index >= 15 is 0 Å². The Morgan fingerprint density at radius 1 is 1.30 bits per heavy atom. The number of nitrogens with zero attached hydrogens (tertiary/aromatic N) is 3. The molecule has 0 radical (unpaired) electrons. The minimum absolute atomic E-state index is 0.192. The topological polar surface area (TPSA) is 86.1 Å². The minimum atomic E-state index is -0.455. The molecule has 2 heterocycles. The molecule has 0 aliphatic heterocycles. The summed E-state index contributed by atoms with van der Waals surface area (Å²) in [5, 5.41) is 7.76. The molecule has 3 aromatic rings. The number of amides is 1. The molecule has 2 aromatic heterocycles. The Hall–Kier alpha value is -2.52. The molecule has 0 aliphatic carbocycles. The molecule has 0 spiro atoms. The van der Waals surface area contributed by atoms with Crippen molar-refractivity contribution < 1.29 is 14.3 Å². The molecular formula is C18H17BrN4O3S. The maximum Gasteiger partial charge on any atom is 0.357 e. The van der Waals surface area contributed by atoms with Gasteiger partial charge >= 0.3 is 5.97 Å². The molecule has 0 fully saturated rings. The van der Waals surface area contributed by atoms with Gasteiger partial charge in [-0.2, -0.15) is 5.10 Å². The van der Waals surface area contributed by atoms with Crippen LogP contribution in [0.5, 0.6) is 0 Å². The summed E-state index contributed by atoms with van der Waals surface area (Å²) < 4.78 is 7.65. The fraction of sp³-hybridized carbons (Fsp3) is 0.222. The average Bonchev–Trinajstić information content (AvgIpc) is 3.19. The Morgan fingerprint density at radius 3 is 2.63 bits per heavy atom. The van der Waals surface area contributed by atoms with Crippen molar-refractivity contribution in [1.82, 2.24) is 14.8 Å². The van der Waals surface area contributed by atoms with Crippen molar-refractivity contribution in [3.05, 3.63) is 46.2 Å². The predicted octanol–water partition coefficient (Wildman–Crippen LogP) is 4.20. The smallest absolute Gasteiger partial charge is 0.357 e. The maximum absolute atomic E-state index is 12.4. The van der Waals surface area contributed by atoms with E-state index < -0.39 is 5.97 Å². The molecule has 3 rings (SSSR count). The number of halogens is 1. The van der Waals surface area contributed by atoms with E-state index in [0.717, 1.165) is 20.7 Å². The van der Waals surface area contributed by atoms with Crippen LogP contribution in [0, 0.1) is 6.92 Å². The van der Waals surface area contributed by atoms with E-state index in [1.54, 1.807) is 17.7 Å². The first-order chi connectivity index (χ1) is 12.9. The van der Waals surface area contributed by atoms with E-state index in [2.05, 4.69) is 31.3 Å². The van der Waals surface area contributed by atoms with E-state index in [0.29, 0.717) is 16.5 Å². The number of hydrogen-bond donors (Lipinski definition) is 1. The minimum Gasteiger partial charge on any atom is -0.461 e. The lowest BCUT2D eigenvalue weighted by atomic mass is 10.2. The van der Waals surface area contributed by atoms with Crippen LogP contribution in [0.3, 0.4) is 0 Å². The van der Waals surface area contributed by atoms with Gasteiger partial charge in [-0.15, -0.1) is 0 Å². The highest BCUT2D eigenvalue weighted by Gasteiger charge is 2.21. The van der Waals surface area contributed by atoms with E-state index in [-0.39, 0.29) is 12.5 Å². The van der Waals surface area contributed by atoms with E-state index in [1.165, 1.54) is 18.3 Å². The number of ether oxygens (including phenoxy) is 1. The van der Waals surface area contributed by atoms with Crippen molar-refractivity contribution in [1.29, 1.82) is 0 Å². The fourth-order valence-corrected chi connectivity index (χ4v) is 3.69. The van der Waals surface area contributed by atoms with Crippen LogP contribution in [0.15, 0.2) is 34.8 Å². The highest BCUT2D eigenvalue weighted by Crippen LogP contribution is 2.33. The number of carbonyl (C=O) groups excluding carboxylic acids is 2. The van der Waals surface area contributed by atoms with Gasteiger partial charge in [0.15, 0.2) is 10.8 Å². The van der Waals surface area contributed by atoms with Crippen LogP contribution in [-0.2, 0) is 9.53 Å². The molecule has 0 aliphatic rings. The van der Waals surface area contributed by atoms with Crippen molar-refractivity contribution in [2.75, 3.05) is 11.9 Å². The molecule has 0 saturated carbocycles. The second kappa shape index (κ2) is 8.01. The van der Waals surface area contributed by atoms with Crippen molar-refractivity contribution in [3.63, 3.8) is 0 Å². The predicted molar refractivity (Wildman–Crippen MR) is 107 cm³/mol. The fourth-order valence-electron chi connectivity index (χ4n) is 2.46. The number of nitrogens with one attached hydrogen (secondary N) is 1. The van der Waals surface area contributed by atoms with Gasteiger partial charge in [0.2, 0.25) is 5.91 Å². The van der Waals surface area contributed by atoms with Gasteiger partial charge < -0.3 is 10.1 Å². The highest BCUT2D eigenvalue weighted by atomic mass is 79.9. The molecule has 1 aromatic carbocycles. The third kappa shape index (κ3) is 4.25. The standard InChI is InChI=1S/C18H17BrN4O3S/c1-4-26-17(25)15-9-14(16-10(2)20-18(27-16)21-11(3)24)22-23(15)13-7-5-12(19)6-8-13/h5-9H,4H2,1-3H3,(H,20,21,24). The normalized spacial score (nSPS) is 10.7. The van der Waals surface area contributed by atoms with Gasteiger partial charge in [0.1, 0.15) is 5.69 Å². The Morgan fingerprint density at radius 2 is 2.00 bits per heavy atom. The van der Waals surface area contributed by atoms with Gasteiger partial charge in [-0.1, -0.05) is 27.3 Å². The number of esters is 1. The van der Waals surface area contributed by atoms with Gasteiger partial charge in [-0.3, -0.25) is 4.79 Å². The highest BCUT2D eigenvalue weighted by molar-refractivity contribution is 9.10. The van der Waals surface area contributed by atoms with Crippen LogP contribution in [0.1, 0.15) is 30.0 Å². The average molecular weight is 449 g/mol. The lowest BCUT2D eigenvalue weighted by Gasteiger charge is -2.06. The number of aromatic nitrogens is 3. The molecule has 27 heavy (non-hydrogen) atoms. The van der Waals surface area contributed by atoms with Gasteiger partial charge in [0.05, 0.1) is 22.9 Å². The van der Waals surface area contributed by atoms with Gasteiger partial charge in [0, 0.05) is 17.5 Å². The summed E-state index contributed by atoms with van der Waals surface area (Å²) in [5.41, 5.74) is 2.37. The number of thiazole rings is 1. The van der Waals surface area contributed by atoms with Crippen molar-refractivity contribution in [2.45, 2.75) is 20.8 Å². The van der Waals surface area contributed by atoms with Crippen molar-refractivity contribution in [2.24, 2.45) is 0 Å². The van der Waals surface area contributed by atoms with Crippen LogP contribution in [0.2, 0.25) is 0 Å². The first-order valence-electron chi connectivity index (χ1n) is 8.17. The molecule has 0 unspecified atom stereocenters. The zero-order chi connectivity index (χ0) is 19.6. The molecule has 0 bridgehead atoms. The Balaban J connectivity index is 2.08. The number of carbonyl (C=O) groups is 2. The molecule has 1 N–H and O–H groups in total. The van der Waals surface area contributed by atoms with Gasteiger partial charge in [-0.25, -0.2) is 14.5 Å². The lowest BCUT2D eigenvalue weighted by molar-refractivity contribution is -0.114. The summed E-state index contributed by atoms with van der Waals surface area (Å²) in [6.07, 6.45) is 0.